The van der Waals surface area contributed by atoms with Crippen LogP contribution in [0.4, 0.5) is 0 Å². The lowest BCUT2D eigenvalue weighted by molar-refractivity contribution is -0.141. The summed E-state index contributed by atoms with van der Waals surface area (Å²) in [6.07, 6.45) is 3.36. The van der Waals surface area contributed by atoms with Crippen LogP contribution in [0.15, 0.2) is 24.5 Å². The molecule has 1 heterocycles. The summed E-state index contributed by atoms with van der Waals surface area (Å²) in [5, 5.41) is 5.56. The molecule has 0 fully saturated rings. The fourth-order valence-corrected chi connectivity index (χ4v) is 1.53. The van der Waals surface area contributed by atoms with Gasteiger partial charge < -0.3 is 10.6 Å². The van der Waals surface area contributed by atoms with Crippen molar-refractivity contribution in [1.82, 2.24) is 15.6 Å². The number of nitrogens with zero attached hydrogens (tertiary/aromatic N) is 1. The molecule has 0 aliphatic heterocycles. The second-order valence-electron chi connectivity index (χ2n) is 5.77. The molecular weight excluding hydrogens is 254 g/mol. The van der Waals surface area contributed by atoms with Crippen LogP contribution in [0.5, 0.6) is 0 Å². The van der Waals surface area contributed by atoms with Gasteiger partial charge >= 0.3 is 0 Å². The Morgan fingerprint density at radius 2 is 1.90 bits per heavy atom. The lowest BCUT2D eigenvalue weighted by Gasteiger charge is -2.23. The summed E-state index contributed by atoms with van der Waals surface area (Å²) < 4.78 is 0. The molecule has 0 spiro atoms. The molecule has 0 aromatic carbocycles. The predicted octanol–water partition coefficient (Wildman–Crippen LogP) is 1.50. The number of nitrogens with one attached hydrogen (secondary N) is 2. The molecule has 2 amide bonds. The standard InChI is InChI=1S/C15H23N3O2/c1-11(2)8-17-13(19)15(3,4)14(20)18-10-12-6-5-7-16-9-12/h5-7,9,11H,8,10H2,1-4H3,(H,17,19)(H,18,20). The molecule has 0 atom stereocenters. The monoisotopic (exact) mass is 277 g/mol. The topological polar surface area (TPSA) is 71.1 Å². The van der Waals surface area contributed by atoms with Gasteiger partial charge in [-0.2, -0.15) is 0 Å². The first-order valence-corrected chi connectivity index (χ1v) is 6.79. The Kier molecular flexibility index (Phi) is 5.67. The van der Waals surface area contributed by atoms with Crippen LogP contribution in [0, 0.1) is 11.3 Å². The third-order valence-corrected chi connectivity index (χ3v) is 2.98. The fourth-order valence-electron chi connectivity index (χ4n) is 1.53. The minimum atomic E-state index is -1.09. The lowest BCUT2D eigenvalue weighted by Crippen LogP contribution is -2.48. The summed E-state index contributed by atoms with van der Waals surface area (Å²) in [6, 6.07) is 3.68. The van der Waals surface area contributed by atoms with E-state index in [9.17, 15) is 9.59 Å². The maximum absolute atomic E-state index is 12.1. The normalized spacial score (nSPS) is 11.2. The molecule has 1 aromatic rings. The van der Waals surface area contributed by atoms with E-state index in [0.717, 1.165) is 5.56 Å². The van der Waals surface area contributed by atoms with E-state index in [-0.39, 0.29) is 11.8 Å². The summed E-state index contributed by atoms with van der Waals surface area (Å²) in [5.74, 6) is -0.189. The van der Waals surface area contributed by atoms with Gasteiger partial charge in [0.1, 0.15) is 5.41 Å². The lowest BCUT2D eigenvalue weighted by atomic mass is 9.90. The zero-order chi connectivity index (χ0) is 15.2. The Balaban J connectivity index is 2.54. The van der Waals surface area contributed by atoms with E-state index in [4.69, 9.17) is 0 Å². The van der Waals surface area contributed by atoms with Crippen molar-refractivity contribution in [3.63, 3.8) is 0 Å². The number of pyridine rings is 1. The molecule has 5 heteroatoms. The molecule has 0 aliphatic rings. The van der Waals surface area contributed by atoms with Crippen molar-refractivity contribution < 1.29 is 9.59 Å². The highest BCUT2D eigenvalue weighted by atomic mass is 16.2. The number of rotatable bonds is 6. The molecule has 5 nitrogen and oxygen atoms in total. The first-order valence-electron chi connectivity index (χ1n) is 6.79. The number of aromatic nitrogens is 1. The first kappa shape index (κ1) is 16.1. The Hall–Kier alpha value is -1.91. The van der Waals surface area contributed by atoms with Crippen molar-refractivity contribution in [1.29, 1.82) is 0 Å². The smallest absolute Gasteiger partial charge is 0.235 e. The third kappa shape index (κ3) is 4.64. The predicted molar refractivity (Wildman–Crippen MR) is 77.7 cm³/mol. The number of carbonyl (C=O) groups excluding carboxylic acids is 2. The highest BCUT2D eigenvalue weighted by Gasteiger charge is 2.35. The zero-order valence-corrected chi connectivity index (χ0v) is 12.6. The Morgan fingerprint density at radius 1 is 1.25 bits per heavy atom. The minimum Gasteiger partial charge on any atom is -0.355 e. The largest absolute Gasteiger partial charge is 0.355 e. The Labute approximate surface area is 120 Å². The van der Waals surface area contributed by atoms with Crippen LogP contribution in [0.3, 0.4) is 0 Å². The molecule has 0 aliphatic carbocycles. The molecule has 1 aromatic heterocycles. The molecule has 1 rings (SSSR count). The van der Waals surface area contributed by atoms with Gasteiger partial charge in [0, 0.05) is 25.5 Å². The minimum absolute atomic E-state index is 0.255. The molecule has 0 saturated carbocycles. The SMILES string of the molecule is CC(C)CNC(=O)C(C)(C)C(=O)NCc1cccnc1. The van der Waals surface area contributed by atoms with Crippen LogP contribution >= 0.6 is 0 Å². The van der Waals surface area contributed by atoms with Gasteiger partial charge in [0.05, 0.1) is 0 Å². The van der Waals surface area contributed by atoms with Gasteiger partial charge in [0.15, 0.2) is 0 Å². The Morgan fingerprint density at radius 3 is 2.45 bits per heavy atom. The van der Waals surface area contributed by atoms with Gasteiger partial charge in [-0.25, -0.2) is 0 Å². The Bertz CT molecular complexity index is 455. The van der Waals surface area contributed by atoms with Crippen LogP contribution in [0.1, 0.15) is 33.3 Å². The number of amides is 2. The van der Waals surface area contributed by atoms with Crippen molar-refractivity contribution in [2.24, 2.45) is 11.3 Å². The van der Waals surface area contributed by atoms with Gasteiger partial charge in [0.2, 0.25) is 11.8 Å². The van der Waals surface area contributed by atoms with Crippen molar-refractivity contribution in [2.75, 3.05) is 6.54 Å². The zero-order valence-electron chi connectivity index (χ0n) is 12.6. The van der Waals surface area contributed by atoms with Crippen LogP contribution in [0.25, 0.3) is 0 Å². The van der Waals surface area contributed by atoms with E-state index in [1.807, 2.05) is 26.0 Å². The number of hydrogen-bond acceptors (Lipinski definition) is 3. The summed E-state index contributed by atoms with van der Waals surface area (Å²) >= 11 is 0. The van der Waals surface area contributed by atoms with E-state index in [2.05, 4.69) is 15.6 Å². The number of carbonyl (C=O) groups is 2. The quantitative estimate of drug-likeness (QED) is 0.774. The van der Waals surface area contributed by atoms with Gasteiger partial charge in [-0.05, 0) is 31.4 Å². The second kappa shape index (κ2) is 7.03. The van der Waals surface area contributed by atoms with E-state index in [1.54, 1.807) is 26.2 Å². The first-order chi connectivity index (χ1) is 9.34. The third-order valence-electron chi connectivity index (χ3n) is 2.98. The highest BCUT2D eigenvalue weighted by molar-refractivity contribution is 6.04. The molecule has 0 bridgehead atoms. The summed E-state index contributed by atoms with van der Waals surface area (Å²) in [4.78, 5) is 28.1. The molecular formula is C15H23N3O2. The van der Waals surface area contributed by atoms with Crippen molar-refractivity contribution in [3.05, 3.63) is 30.1 Å². The van der Waals surface area contributed by atoms with Gasteiger partial charge in [-0.3, -0.25) is 14.6 Å². The number of hydrogen-bond donors (Lipinski definition) is 2. The van der Waals surface area contributed by atoms with Gasteiger partial charge in [0.25, 0.3) is 0 Å². The van der Waals surface area contributed by atoms with Crippen molar-refractivity contribution in [2.45, 2.75) is 34.2 Å². The van der Waals surface area contributed by atoms with Crippen LogP contribution < -0.4 is 10.6 Å². The molecule has 2 N–H and O–H groups in total. The van der Waals surface area contributed by atoms with Gasteiger partial charge in [-0.1, -0.05) is 19.9 Å². The van der Waals surface area contributed by atoms with E-state index >= 15 is 0 Å². The van der Waals surface area contributed by atoms with E-state index in [1.165, 1.54) is 0 Å². The van der Waals surface area contributed by atoms with E-state index in [0.29, 0.717) is 19.0 Å². The molecule has 110 valence electrons. The van der Waals surface area contributed by atoms with Crippen LogP contribution in [-0.4, -0.2) is 23.3 Å². The average molecular weight is 277 g/mol. The maximum Gasteiger partial charge on any atom is 0.235 e. The molecule has 0 radical (unpaired) electrons. The molecule has 0 unspecified atom stereocenters. The summed E-state index contributed by atoms with van der Waals surface area (Å²) in [6.45, 7) is 8.21. The maximum atomic E-state index is 12.1. The van der Waals surface area contributed by atoms with Gasteiger partial charge in [-0.15, -0.1) is 0 Å². The van der Waals surface area contributed by atoms with Crippen LogP contribution in [-0.2, 0) is 16.1 Å². The summed E-state index contributed by atoms with van der Waals surface area (Å²) in [5.41, 5.74) is -0.184. The molecule has 0 saturated heterocycles. The second-order valence-corrected chi connectivity index (χ2v) is 5.77. The molecule has 20 heavy (non-hydrogen) atoms. The summed E-state index contributed by atoms with van der Waals surface area (Å²) in [7, 11) is 0. The van der Waals surface area contributed by atoms with Crippen LogP contribution in [0.2, 0.25) is 0 Å². The average Bonchev–Trinajstić information content (AvgIpc) is 2.42. The van der Waals surface area contributed by atoms with E-state index < -0.39 is 5.41 Å². The highest BCUT2D eigenvalue weighted by Crippen LogP contribution is 2.15. The van der Waals surface area contributed by atoms with Crippen molar-refractivity contribution >= 4 is 11.8 Å². The fraction of sp³-hybridized carbons (Fsp3) is 0.533. The van der Waals surface area contributed by atoms with Crippen molar-refractivity contribution in [3.8, 4) is 0 Å².